The number of anilines is 3. The molecule has 0 radical (unpaired) electrons. The first-order chi connectivity index (χ1) is 19.2. The van der Waals surface area contributed by atoms with Gasteiger partial charge in [0.15, 0.2) is 0 Å². The van der Waals surface area contributed by atoms with E-state index < -0.39 is 0 Å². The Balaban J connectivity index is 1.20. The highest BCUT2D eigenvalue weighted by Crippen LogP contribution is 2.32. The lowest BCUT2D eigenvalue weighted by Crippen LogP contribution is -2.38. The summed E-state index contributed by atoms with van der Waals surface area (Å²) in [7, 11) is 0. The first kappa shape index (κ1) is 25.4. The summed E-state index contributed by atoms with van der Waals surface area (Å²) >= 11 is 0. The van der Waals surface area contributed by atoms with Crippen molar-refractivity contribution in [3.63, 3.8) is 0 Å². The van der Waals surface area contributed by atoms with Crippen LogP contribution in [0.15, 0.2) is 60.9 Å². The average molecular weight is 531 g/mol. The monoisotopic (exact) mass is 530 g/mol. The molecule has 0 atom stereocenters. The second-order valence-corrected chi connectivity index (χ2v) is 9.51. The van der Waals surface area contributed by atoms with Gasteiger partial charge in [0.05, 0.1) is 43.8 Å². The minimum atomic E-state index is -0.334. The van der Waals surface area contributed by atoms with Crippen LogP contribution in [0.4, 0.5) is 21.8 Å². The molecule has 4 heterocycles. The van der Waals surface area contributed by atoms with E-state index in [1.165, 1.54) is 6.07 Å². The molecule has 202 valence electrons. The van der Waals surface area contributed by atoms with E-state index in [4.69, 9.17) is 19.2 Å². The largest absolute Gasteiger partial charge is 0.492 e. The van der Waals surface area contributed by atoms with Crippen LogP contribution in [0.5, 0.6) is 5.75 Å². The van der Waals surface area contributed by atoms with E-state index in [1.54, 1.807) is 24.5 Å². The number of nitrogens with one attached hydrogen (secondary N) is 1. The molecule has 0 aliphatic carbocycles. The van der Waals surface area contributed by atoms with Crippen LogP contribution in [0.2, 0.25) is 0 Å². The fourth-order valence-electron chi connectivity index (χ4n) is 4.82. The van der Waals surface area contributed by atoms with Gasteiger partial charge in [-0.05, 0) is 30.3 Å². The van der Waals surface area contributed by atoms with Gasteiger partial charge in [-0.1, -0.05) is 18.2 Å². The number of morpholine rings is 2. The van der Waals surface area contributed by atoms with E-state index in [0.717, 1.165) is 62.8 Å². The van der Waals surface area contributed by atoms with Gasteiger partial charge in [0.25, 0.3) is 0 Å². The van der Waals surface area contributed by atoms with Crippen LogP contribution < -0.4 is 15.0 Å². The molecule has 0 saturated carbocycles. The Morgan fingerprint density at radius 2 is 1.69 bits per heavy atom. The number of pyridine rings is 1. The molecule has 10 heteroatoms. The number of nitrogens with zero attached hydrogens (tertiary/aromatic N) is 5. The van der Waals surface area contributed by atoms with Gasteiger partial charge in [-0.15, -0.1) is 0 Å². The third-order valence-corrected chi connectivity index (χ3v) is 6.96. The predicted molar refractivity (Wildman–Crippen MR) is 148 cm³/mol. The first-order valence-corrected chi connectivity index (χ1v) is 13.3. The first-order valence-electron chi connectivity index (χ1n) is 13.3. The van der Waals surface area contributed by atoms with Crippen LogP contribution >= 0.6 is 0 Å². The van der Waals surface area contributed by atoms with Gasteiger partial charge < -0.3 is 24.4 Å². The summed E-state index contributed by atoms with van der Waals surface area (Å²) in [4.78, 5) is 18.3. The smallest absolute Gasteiger partial charge is 0.227 e. The minimum Gasteiger partial charge on any atom is -0.492 e. The number of rotatable bonds is 8. The topological polar surface area (TPSA) is 84.9 Å². The highest BCUT2D eigenvalue weighted by atomic mass is 19.1. The van der Waals surface area contributed by atoms with Crippen molar-refractivity contribution in [3.05, 3.63) is 66.7 Å². The van der Waals surface area contributed by atoms with Gasteiger partial charge in [0.1, 0.15) is 24.0 Å². The lowest BCUT2D eigenvalue weighted by molar-refractivity contribution is 0.0322. The van der Waals surface area contributed by atoms with E-state index in [9.17, 15) is 0 Å². The maximum absolute atomic E-state index is 15.1. The third kappa shape index (κ3) is 6.08. The molecule has 4 aromatic rings. The molecule has 2 aliphatic rings. The average Bonchev–Trinajstić information content (AvgIpc) is 2.99. The standard InChI is InChI=1S/C29H31FN6O3/c30-26-6-5-23(39-17-10-35-8-13-37-14-9-35)18-25(26)24-3-1-2-21-19-32-29(34-28(21)24)33-22-4-7-27(31-20-22)36-11-15-38-16-12-36/h1-7,18-20H,8-17H2,(H,32,33,34). The second kappa shape index (κ2) is 11.9. The van der Waals surface area contributed by atoms with Crippen LogP contribution in [-0.4, -0.2) is 85.6 Å². The zero-order chi connectivity index (χ0) is 26.4. The number of benzene rings is 2. The number of para-hydroxylation sites is 1. The van der Waals surface area contributed by atoms with Crippen LogP contribution in [0, 0.1) is 5.82 Å². The maximum Gasteiger partial charge on any atom is 0.227 e. The summed E-state index contributed by atoms with van der Waals surface area (Å²) < 4.78 is 31.9. The molecule has 1 N–H and O–H groups in total. The number of hydrogen-bond donors (Lipinski definition) is 1. The molecule has 2 aromatic carbocycles. The molecular weight excluding hydrogens is 499 g/mol. The van der Waals surface area contributed by atoms with Crippen molar-refractivity contribution in [2.24, 2.45) is 0 Å². The second-order valence-electron chi connectivity index (χ2n) is 9.51. The molecule has 0 unspecified atom stereocenters. The summed E-state index contributed by atoms with van der Waals surface area (Å²) in [6.07, 6.45) is 3.51. The van der Waals surface area contributed by atoms with E-state index in [2.05, 4.69) is 25.1 Å². The Bertz CT molecular complexity index is 1410. The number of fused-ring (bicyclic) bond motifs is 1. The van der Waals surface area contributed by atoms with Gasteiger partial charge in [-0.3, -0.25) is 4.90 Å². The summed E-state index contributed by atoms with van der Waals surface area (Å²) in [5.74, 6) is 1.61. The SMILES string of the molecule is Fc1ccc(OCCN2CCOCC2)cc1-c1cccc2cnc(Nc3ccc(N4CCOCC4)nc3)nc12. The molecule has 6 rings (SSSR count). The number of aromatic nitrogens is 3. The van der Waals surface area contributed by atoms with Crippen LogP contribution in [0.3, 0.4) is 0 Å². The molecule has 2 fully saturated rings. The van der Waals surface area contributed by atoms with Crippen molar-refractivity contribution in [2.75, 3.05) is 76.0 Å². The molecule has 39 heavy (non-hydrogen) atoms. The summed E-state index contributed by atoms with van der Waals surface area (Å²) in [5, 5.41) is 4.05. The van der Waals surface area contributed by atoms with Crippen molar-refractivity contribution in [2.45, 2.75) is 0 Å². The Hall–Kier alpha value is -3.86. The number of ether oxygens (including phenoxy) is 3. The van der Waals surface area contributed by atoms with Gasteiger partial charge in [-0.2, -0.15) is 0 Å². The Labute approximate surface area is 226 Å². The lowest BCUT2D eigenvalue weighted by Gasteiger charge is -2.27. The Morgan fingerprint density at radius 3 is 2.49 bits per heavy atom. The van der Waals surface area contributed by atoms with Gasteiger partial charge in [0, 0.05) is 55.4 Å². The minimum absolute atomic E-state index is 0.334. The van der Waals surface area contributed by atoms with Crippen molar-refractivity contribution in [1.82, 2.24) is 19.9 Å². The third-order valence-electron chi connectivity index (χ3n) is 6.96. The maximum atomic E-state index is 15.1. The van der Waals surface area contributed by atoms with Gasteiger partial charge in [0.2, 0.25) is 5.95 Å². The highest BCUT2D eigenvalue weighted by molar-refractivity contribution is 5.94. The Morgan fingerprint density at radius 1 is 0.872 bits per heavy atom. The molecule has 0 amide bonds. The van der Waals surface area contributed by atoms with Crippen molar-refractivity contribution in [3.8, 4) is 16.9 Å². The zero-order valence-corrected chi connectivity index (χ0v) is 21.7. The predicted octanol–water partition coefficient (Wildman–Crippen LogP) is 4.12. The van der Waals surface area contributed by atoms with E-state index in [-0.39, 0.29) is 5.82 Å². The molecule has 2 aromatic heterocycles. The molecule has 0 spiro atoms. The quantitative estimate of drug-likeness (QED) is 0.362. The summed E-state index contributed by atoms with van der Waals surface area (Å²) in [5.41, 5.74) is 2.53. The van der Waals surface area contributed by atoms with Gasteiger partial charge in [-0.25, -0.2) is 19.3 Å². The lowest BCUT2D eigenvalue weighted by atomic mass is 10.0. The highest BCUT2D eigenvalue weighted by Gasteiger charge is 2.15. The van der Waals surface area contributed by atoms with Crippen molar-refractivity contribution < 1.29 is 18.6 Å². The molecular formula is C29H31FN6O3. The fraction of sp³-hybridized carbons (Fsp3) is 0.345. The fourth-order valence-corrected chi connectivity index (χ4v) is 4.82. The van der Waals surface area contributed by atoms with Gasteiger partial charge >= 0.3 is 0 Å². The van der Waals surface area contributed by atoms with E-state index >= 15 is 4.39 Å². The van der Waals surface area contributed by atoms with Crippen molar-refractivity contribution >= 4 is 28.4 Å². The van der Waals surface area contributed by atoms with E-state index in [1.807, 2.05) is 30.3 Å². The van der Waals surface area contributed by atoms with Crippen LogP contribution in [0.1, 0.15) is 0 Å². The number of hydrogen-bond acceptors (Lipinski definition) is 9. The molecule has 2 aliphatic heterocycles. The van der Waals surface area contributed by atoms with Crippen molar-refractivity contribution in [1.29, 1.82) is 0 Å². The summed E-state index contributed by atoms with van der Waals surface area (Å²) in [6, 6.07) is 14.4. The zero-order valence-electron chi connectivity index (χ0n) is 21.7. The van der Waals surface area contributed by atoms with Crippen LogP contribution in [0.25, 0.3) is 22.0 Å². The normalized spacial score (nSPS) is 16.4. The molecule has 2 saturated heterocycles. The summed E-state index contributed by atoms with van der Waals surface area (Å²) in [6.45, 7) is 7.69. The van der Waals surface area contributed by atoms with Crippen LogP contribution in [-0.2, 0) is 9.47 Å². The molecule has 9 nitrogen and oxygen atoms in total. The number of halogens is 1. The molecule has 0 bridgehead atoms. The van der Waals surface area contributed by atoms with E-state index in [0.29, 0.717) is 48.2 Å². The Kier molecular flexibility index (Phi) is 7.75.